The summed E-state index contributed by atoms with van der Waals surface area (Å²) in [6.07, 6.45) is 9.91. The molecule has 4 aromatic rings. The van der Waals surface area contributed by atoms with Gasteiger partial charge in [0.2, 0.25) is 5.91 Å². The Kier molecular flexibility index (Phi) is 6.38. The molecule has 0 aliphatic heterocycles. The van der Waals surface area contributed by atoms with E-state index in [0.29, 0.717) is 5.56 Å². The highest BCUT2D eigenvalue weighted by atomic mass is 16.2. The number of benzene rings is 2. The van der Waals surface area contributed by atoms with E-state index in [2.05, 4.69) is 26.7 Å². The van der Waals surface area contributed by atoms with Gasteiger partial charge in [-0.1, -0.05) is 37.8 Å². The summed E-state index contributed by atoms with van der Waals surface area (Å²) in [5.41, 5.74) is 5.07. The molecule has 1 saturated carbocycles. The summed E-state index contributed by atoms with van der Waals surface area (Å²) in [5, 5.41) is 7.06. The molecule has 0 bridgehead atoms. The van der Waals surface area contributed by atoms with E-state index in [9.17, 15) is 9.59 Å². The Bertz CT molecular complexity index is 1290. The van der Waals surface area contributed by atoms with Crippen molar-refractivity contribution in [2.75, 3.05) is 10.6 Å². The number of anilines is 2. The van der Waals surface area contributed by atoms with Crippen LogP contribution in [-0.4, -0.2) is 21.8 Å². The Balaban J connectivity index is 1.27. The van der Waals surface area contributed by atoms with Gasteiger partial charge in [-0.25, -0.2) is 0 Å². The van der Waals surface area contributed by atoms with Gasteiger partial charge in [0.1, 0.15) is 0 Å². The molecule has 2 aromatic heterocycles. The van der Waals surface area contributed by atoms with Crippen LogP contribution >= 0.6 is 0 Å². The number of amides is 2. The highest BCUT2D eigenvalue weighted by molar-refractivity contribution is 6.04. The minimum absolute atomic E-state index is 0.122. The van der Waals surface area contributed by atoms with Crippen LogP contribution in [0, 0.1) is 5.92 Å². The lowest BCUT2D eigenvalue weighted by Gasteiger charge is -2.14. The van der Waals surface area contributed by atoms with Crippen molar-refractivity contribution in [2.24, 2.45) is 5.92 Å². The molecule has 2 heterocycles. The molecule has 1 fully saturated rings. The first-order chi connectivity index (χ1) is 16.7. The average molecular weight is 453 g/mol. The summed E-state index contributed by atoms with van der Waals surface area (Å²) in [7, 11) is 0. The maximum atomic E-state index is 12.7. The normalized spacial score (nSPS) is 14.5. The summed E-state index contributed by atoms with van der Waals surface area (Å²) >= 11 is 0. The topological polar surface area (TPSA) is 86.9 Å². The molecule has 0 radical (unpaired) electrons. The number of nitrogens with zero attached hydrogens (tertiary/aromatic N) is 1. The van der Waals surface area contributed by atoms with Crippen LogP contribution in [0.5, 0.6) is 0 Å². The minimum atomic E-state index is -0.190. The molecule has 0 spiro atoms. The molecule has 5 rings (SSSR count). The Morgan fingerprint density at radius 1 is 0.853 bits per heavy atom. The van der Waals surface area contributed by atoms with Crippen molar-refractivity contribution >= 4 is 34.1 Å². The van der Waals surface area contributed by atoms with E-state index >= 15 is 0 Å². The van der Waals surface area contributed by atoms with Crippen LogP contribution in [0.25, 0.3) is 22.2 Å². The van der Waals surface area contributed by atoms with Crippen molar-refractivity contribution < 1.29 is 9.59 Å². The van der Waals surface area contributed by atoms with E-state index in [-0.39, 0.29) is 17.7 Å². The molecule has 2 amide bonds. The van der Waals surface area contributed by atoms with E-state index < -0.39 is 0 Å². The second-order valence-electron chi connectivity index (χ2n) is 8.94. The van der Waals surface area contributed by atoms with Gasteiger partial charge >= 0.3 is 0 Å². The maximum Gasteiger partial charge on any atom is 0.257 e. The van der Waals surface area contributed by atoms with Crippen LogP contribution in [0.2, 0.25) is 0 Å². The van der Waals surface area contributed by atoms with Crippen LogP contribution in [0.4, 0.5) is 11.4 Å². The Morgan fingerprint density at radius 2 is 1.62 bits per heavy atom. The second kappa shape index (κ2) is 9.91. The third-order valence-corrected chi connectivity index (χ3v) is 6.49. The molecular weight excluding hydrogens is 424 g/mol. The minimum Gasteiger partial charge on any atom is -0.355 e. The summed E-state index contributed by atoms with van der Waals surface area (Å²) in [6, 6.07) is 19.2. The maximum absolute atomic E-state index is 12.7. The van der Waals surface area contributed by atoms with E-state index in [1.807, 2.05) is 42.5 Å². The molecule has 1 aliphatic carbocycles. The first-order valence-corrected chi connectivity index (χ1v) is 11.9. The van der Waals surface area contributed by atoms with Gasteiger partial charge in [0.15, 0.2) is 0 Å². The molecule has 6 heteroatoms. The van der Waals surface area contributed by atoms with E-state index in [1.54, 1.807) is 24.5 Å². The third kappa shape index (κ3) is 5.01. The molecule has 34 heavy (non-hydrogen) atoms. The number of H-pyrrole nitrogens is 1. The number of rotatable bonds is 5. The van der Waals surface area contributed by atoms with Crippen LogP contribution in [0.1, 0.15) is 48.9 Å². The van der Waals surface area contributed by atoms with Crippen molar-refractivity contribution in [1.82, 2.24) is 9.97 Å². The first-order valence-electron chi connectivity index (χ1n) is 11.9. The molecule has 6 nitrogen and oxygen atoms in total. The monoisotopic (exact) mass is 452 g/mol. The second-order valence-corrected chi connectivity index (χ2v) is 8.94. The van der Waals surface area contributed by atoms with Crippen molar-refractivity contribution in [3.63, 3.8) is 0 Å². The van der Waals surface area contributed by atoms with Crippen LogP contribution in [0.3, 0.4) is 0 Å². The Morgan fingerprint density at radius 3 is 2.35 bits per heavy atom. The number of hydrogen-bond donors (Lipinski definition) is 3. The summed E-state index contributed by atoms with van der Waals surface area (Å²) in [4.78, 5) is 32.5. The molecular formula is C28H28N4O2. The van der Waals surface area contributed by atoms with Gasteiger partial charge in [-0.15, -0.1) is 0 Å². The fraction of sp³-hybridized carbons (Fsp3) is 0.250. The highest BCUT2D eigenvalue weighted by Crippen LogP contribution is 2.29. The largest absolute Gasteiger partial charge is 0.355 e. The first kappa shape index (κ1) is 21.9. The summed E-state index contributed by atoms with van der Waals surface area (Å²) in [5.74, 6) is 0.0722. The molecule has 0 unspecified atom stereocenters. The molecule has 2 aromatic carbocycles. The summed E-state index contributed by atoms with van der Waals surface area (Å²) < 4.78 is 0. The molecule has 172 valence electrons. The smallest absolute Gasteiger partial charge is 0.257 e. The molecule has 3 N–H and O–H groups in total. The van der Waals surface area contributed by atoms with Crippen LogP contribution in [0.15, 0.2) is 73.1 Å². The van der Waals surface area contributed by atoms with E-state index in [0.717, 1.165) is 59.2 Å². The Labute approximate surface area is 198 Å². The zero-order valence-electron chi connectivity index (χ0n) is 19.0. The van der Waals surface area contributed by atoms with Gasteiger partial charge in [-0.2, -0.15) is 0 Å². The number of aromatic nitrogens is 2. The number of carbonyl (C=O) groups excluding carboxylic acids is 2. The predicted molar refractivity (Wildman–Crippen MR) is 136 cm³/mol. The summed E-state index contributed by atoms with van der Waals surface area (Å²) in [6.45, 7) is 0. The lowest BCUT2D eigenvalue weighted by Crippen LogP contribution is -2.22. The number of carbonyl (C=O) groups is 2. The number of aromatic amines is 1. The standard InChI is InChI=1S/C28H28N4O2/c33-27(20-6-3-1-2-4-7-20)31-24-13-14-25-22(16-24)17-26(32-25)19-9-11-23(12-10-19)30-28(34)21-8-5-15-29-18-21/h5,8-18,20,32H,1-4,6-7H2,(H,30,34)(H,31,33). The van der Waals surface area contributed by atoms with Crippen LogP contribution < -0.4 is 10.6 Å². The SMILES string of the molecule is O=C(Nc1ccc(-c2cc3cc(NC(=O)C4CCCCCC4)ccc3[nH]2)cc1)c1cccnc1. The molecule has 1 aliphatic rings. The van der Waals surface area contributed by atoms with E-state index in [1.165, 1.54) is 12.8 Å². The van der Waals surface area contributed by atoms with Gasteiger partial charge in [0.05, 0.1) is 5.56 Å². The lowest BCUT2D eigenvalue weighted by molar-refractivity contribution is -0.120. The van der Waals surface area contributed by atoms with Crippen molar-refractivity contribution in [1.29, 1.82) is 0 Å². The Hall–Kier alpha value is -3.93. The zero-order valence-corrected chi connectivity index (χ0v) is 19.0. The van der Waals surface area contributed by atoms with Crippen molar-refractivity contribution in [2.45, 2.75) is 38.5 Å². The van der Waals surface area contributed by atoms with Crippen LogP contribution in [-0.2, 0) is 4.79 Å². The van der Waals surface area contributed by atoms with Crippen molar-refractivity contribution in [3.05, 3.63) is 78.6 Å². The molecule has 0 saturated heterocycles. The van der Waals surface area contributed by atoms with Gasteiger partial charge in [0, 0.05) is 46.3 Å². The van der Waals surface area contributed by atoms with Gasteiger partial charge in [0.25, 0.3) is 5.91 Å². The van der Waals surface area contributed by atoms with Gasteiger partial charge in [-0.3, -0.25) is 14.6 Å². The van der Waals surface area contributed by atoms with E-state index in [4.69, 9.17) is 0 Å². The average Bonchev–Trinajstić information content (AvgIpc) is 3.09. The zero-order chi connectivity index (χ0) is 23.3. The number of nitrogens with one attached hydrogen (secondary N) is 3. The molecule has 0 atom stereocenters. The number of fused-ring (bicyclic) bond motifs is 1. The predicted octanol–water partition coefficient (Wildman–Crippen LogP) is 6.39. The number of hydrogen-bond acceptors (Lipinski definition) is 3. The van der Waals surface area contributed by atoms with Crippen molar-refractivity contribution in [3.8, 4) is 11.3 Å². The fourth-order valence-electron chi connectivity index (χ4n) is 4.59. The lowest BCUT2D eigenvalue weighted by atomic mass is 9.99. The third-order valence-electron chi connectivity index (χ3n) is 6.49. The number of pyridine rings is 1. The van der Waals surface area contributed by atoms with Gasteiger partial charge < -0.3 is 15.6 Å². The highest BCUT2D eigenvalue weighted by Gasteiger charge is 2.20. The fourth-order valence-corrected chi connectivity index (χ4v) is 4.59. The van der Waals surface area contributed by atoms with Gasteiger partial charge in [-0.05, 0) is 66.9 Å². The quantitative estimate of drug-likeness (QED) is 0.307.